The minimum absolute atomic E-state index is 0.0582. The monoisotopic (exact) mass is 459 g/mol. The lowest BCUT2D eigenvalue weighted by Crippen LogP contribution is -2.26. The van der Waals surface area contributed by atoms with E-state index in [0.717, 1.165) is 13.0 Å². The second kappa shape index (κ2) is 9.92. The normalized spacial score (nSPS) is 12.5. The number of hydrogen-bond acceptors (Lipinski definition) is 4. The van der Waals surface area contributed by atoms with Crippen LogP contribution in [0.2, 0.25) is 5.02 Å². The molecule has 166 valence electrons. The van der Waals surface area contributed by atoms with Crippen LogP contribution in [0.5, 0.6) is 11.5 Å². The van der Waals surface area contributed by atoms with Crippen molar-refractivity contribution in [2.45, 2.75) is 39.4 Å². The molecule has 0 aliphatic heterocycles. The van der Waals surface area contributed by atoms with Crippen molar-refractivity contribution < 1.29 is 40.6 Å². The Morgan fingerprint density at radius 2 is 1.83 bits per heavy atom. The number of benzene rings is 1. The van der Waals surface area contributed by atoms with Gasteiger partial charge in [-0.15, -0.1) is 0 Å². The topological polar surface area (TPSA) is 65.4 Å². The van der Waals surface area contributed by atoms with Gasteiger partial charge < -0.3 is 14.8 Å². The van der Waals surface area contributed by atoms with Gasteiger partial charge in [0, 0.05) is 11.8 Å². The third-order valence-corrected chi connectivity index (χ3v) is 4.19. The van der Waals surface area contributed by atoms with Crippen LogP contribution >= 0.6 is 11.6 Å². The Kier molecular flexibility index (Phi) is 7.82. The molecule has 0 aliphatic carbocycles. The number of hydrogen-bond donors (Lipinski definition) is 1. The molecule has 1 amide bonds. The maximum atomic E-state index is 13.3. The number of ether oxygens (including phenoxy) is 2. The van der Waals surface area contributed by atoms with Crippen LogP contribution in [0.4, 0.5) is 32.0 Å². The van der Waals surface area contributed by atoms with E-state index in [1.54, 1.807) is 6.92 Å². The molecule has 0 saturated heterocycles. The summed E-state index contributed by atoms with van der Waals surface area (Å²) in [5.41, 5.74) is -2.04. The van der Waals surface area contributed by atoms with Crippen LogP contribution in [-0.4, -0.2) is 28.9 Å². The molecule has 0 fully saturated rings. The lowest BCUT2D eigenvalue weighted by Gasteiger charge is -2.17. The Bertz CT molecular complexity index is 894. The first-order valence-corrected chi connectivity index (χ1v) is 8.81. The number of amides is 1. The van der Waals surface area contributed by atoms with E-state index in [2.05, 4.69) is 15.2 Å². The summed E-state index contributed by atoms with van der Waals surface area (Å²) in [6, 6.07) is 2.05. The maximum absolute atomic E-state index is 13.3. The van der Waals surface area contributed by atoms with Crippen molar-refractivity contribution >= 4 is 23.2 Å². The number of rotatable bonds is 9. The number of carbonyl (C=O) groups is 1. The molecule has 6 nitrogen and oxygen atoms in total. The first-order valence-electron chi connectivity index (χ1n) is 8.43. The molecular weight excluding hydrogens is 444 g/mol. The third kappa shape index (κ3) is 5.29. The van der Waals surface area contributed by atoms with E-state index in [1.165, 1.54) is 12.1 Å². The van der Waals surface area contributed by atoms with Crippen LogP contribution in [0.15, 0.2) is 18.2 Å². The van der Waals surface area contributed by atoms with E-state index in [1.807, 2.05) is 0 Å². The predicted octanol–water partition coefficient (Wildman–Crippen LogP) is 5.61. The first-order chi connectivity index (χ1) is 14.1. The van der Waals surface area contributed by atoms with Gasteiger partial charge in [0.05, 0.1) is 11.6 Å². The third-order valence-electron chi connectivity index (χ3n) is 3.80. The van der Waals surface area contributed by atoms with Gasteiger partial charge in [0.25, 0.3) is 12.9 Å². The zero-order chi connectivity index (χ0) is 22.6. The van der Waals surface area contributed by atoms with Gasteiger partial charge in [-0.05, 0) is 26.0 Å². The lowest BCUT2D eigenvalue weighted by molar-refractivity contribution is -0.119. The summed E-state index contributed by atoms with van der Waals surface area (Å²) in [5.74, 6) is -1.28. The van der Waals surface area contributed by atoms with Gasteiger partial charge in [-0.1, -0.05) is 11.6 Å². The molecule has 2 aromatic rings. The number of aromatic nitrogens is 2. The number of anilines is 1. The first kappa shape index (κ1) is 23.6. The smallest absolute Gasteiger partial charge is 0.387 e. The van der Waals surface area contributed by atoms with Crippen LogP contribution < -0.4 is 14.8 Å². The summed E-state index contributed by atoms with van der Waals surface area (Å²) in [6.07, 6.45) is -6.48. The Morgan fingerprint density at radius 3 is 2.37 bits per heavy atom. The molecule has 0 bridgehead atoms. The molecule has 0 radical (unpaired) electrons. The standard InChI is InChI=1S/C17H16ClF6N3O3/c1-3-29-10-6-8(4-5-9(10)30-17(23)24)25-16(28)7(2)27-13(15(21)22)11(18)12(26-27)14(19)20/h4-7,14-15,17H,3H2,1-2H3,(H,25,28). The Hall–Kier alpha value is -2.63. The van der Waals surface area contributed by atoms with Crippen LogP contribution in [0.25, 0.3) is 0 Å². The molecule has 0 saturated carbocycles. The molecule has 1 atom stereocenters. The molecule has 2 rings (SSSR count). The summed E-state index contributed by atoms with van der Waals surface area (Å²) in [4.78, 5) is 12.5. The fourth-order valence-corrected chi connectivity index (χ4v) is 2.77. The van der Waals surface area contributed by atoms with Crippen LogP contribution in [0, 0.1) is 0 Å². The van der Waals surface area contributed by atoms with Crippen LogP contribution in [0.1, 0.15) is 44.1 Å². The van der Waals surface area contributed by atoms with E-state index in [-0.39, 0.29) is 23.8 Å². The van der Waals surface area contributed by atoms with Crippen molar-refractivity contribution in [2.24, 2.45) is 0 Å². The highest BCUT2D eigenvalue weighted by Crippen LogP contribution is 2.36. The van der Waals surface area contributed by atoms with Crippen molar-refractivity contribution in [2.75, 3.05) is 11.9 Å². The molecule has 1 N–H and O–H groups in total. The van der Waals surface area contributed by atoms with Crippen LogP contribution in [-0.2, 0) is 4.79 Å². The molecule has 1 aromatic carbocycles. The summed E-state index contributed by atoms with van der Waals surface area (Å²) in [5, 5.41) is 4.77. The van der Waals surface area contributed by atoms with Gasteiger partial charge in [0.2, 0.25) is 5.91 Å². The molecule has 1 unspecified atom stereocenters. The van der Waals surface area contributed by atoms with Crippen molar-refractivity contribution in [1.82, 2.24) is 9.78 Å². The fraction of sp³-hybridized carbons (Fsp3) is 0.412. The van der Waals surface area contributed by atoms with Crippen molar-refractivity contribution in [1.29, 1.82) is 0 Å². The second-order valence-corrected chi connectivity index (χ2v) is 6.15. The maximum Gasteiger partial charge on any atom is 0.387 e. The Balaban J connectivity index is 2.30. The highest BCUT2D eigenvalue weighted by atomic mass is 35.5. The summed E-state index contributed by atoms with van der Waals surface area (Å²) >= 11 is 5.58. The minimum Gasteiger partial charge on any atom is -0.490 e. The minimum atomic E-state index is -3.26. The molecule has 0 aliphatic rings. The van der Waals surface area contributed by atoms with Crippen molar-refractivity contribution in [3.8, 4) is 11.5 Å². The average Bonchev–Trinajstić information content (AvgIpc) is 3.00. The SMILES string of the molecule is CCOc1cc(NC(=O)C(C)n2nc(C(F)F)c(Cl)c2C(F)F)ccc1OC(F)F. The fourth-order valence-electron chi connectivity index (χ4n) is 2.48. The Labute approximate surface area is 171 Å². The highest BCUT2D eigenvalue weighted by Gasteiger charge is 2.32. The number of carbonyl (C=O) groups excluding carboxylic acids is 1. The molecule has 0 spiro atoms. The quantitative estimate of drug-likeness (QED) is 0.495. The number of halogens is 7. The van der Waals surface area contributed by atoms with Gasteiger partial charge in [-0.25, -0.2) is 22.2 Å². The van der Waals surface area contributed by atoms with Gasteiger partial charge >= 0.3 is 6.61 Å². The molecule has 30 heavy (non-hydrogen) atoms. The van der Waals surface area contributed by atoms with E-state index >= 15 is 0 Å². The van der Waals surface area contributed by atoms with Gasteiger partial charge in [-0.3, -0.25) is 4.79 Å². The Morgan fingerprint density at radius 1 is 1.17 bits per heavy atom. The predicted molar refractivity (Wildman–Crippen MR) is 94.7 cm³/mol. The average molecular weight is 460 g/mol. The summed E-state index contributed by atoms with van der Waals surface area (Å²) in [6.45, 7) is -0.260. The molecule has 1 aromatic heterocycles. The van der Waals surface area contributed by atoms with E-state index < -0.39 is 47.8 Å². The second-order valence-electron chi connectivity index (χ2n) is 5.77. The van der Waals surface area contributed by atoms with Crippen LogP contribution in [0.3, 0.4) is 0 Å². The van der Waals surface area contributed by atoms with E-state index in [0.29, 0.717) is 4.68 Å². The van der Waals surface area contributed by atoms with E-state index in [9.17, 15) is 31.1 Å². The lowest BCUT2D eigenvalue weighted by atomic mass is 10.2. The molecular formula is C17H16ClF6N3O3. The largest absolute Gasteiger partial charge is 0.490 e. The number of nitrogens with zero attached hydrogens (tertiary/aromatic N) is 2. The molecule has 1 heterocycles. The van der Waals surface area contributed by atoms with Gasteiger partial charge in [0.15, 0.2) is 11.5 Å². The summed E-state index contributed by atoms with van der Waals surface area (Å²) in [7, 11) is 0. The van der Waals surface area contributed by atoms with Crippen molar-refractivity contribution in [3.63, 3.8) is 0 Å². The number of alkyl halides is 6. The van der Waals surface area contributed by atoms with Gasteiger partial charge in [-0.2, -0.15) is 13.9 Å². The van der Waals surface area contributed by atoms with Gasteiger partial charge in [0.1, 0.15) is 17.4 Å². The number of nitrogens with one attached hydrogen (secondary N) is 1. The molecule has 13 heteroatoms. The zero-order valence-electron chi connectivity index (χ0n) is 15.5. The summed E-state index contributed by atoms with van der Waals surface area (Å²) < 4.78 is 87.3. The highest BCUT2D eigenvalue weighted by molar-refractivity contribution is 6.32. The van der Waals surface area contributed by atoms with E-state index in [4.69, 9.17) is 16.3 Å². The van der Waals surface area contributed by atoms with Crippen molar-refractivity contribution in [3.05, 3.63) is 34.6 Å². The zero-order valence-corrected chi connectivity index (χ0v) is 16.3.